The van der Waals surface area contributed by atoms with Gasteiger partial charge in [0.05, 0.1) is 0 Å². The fourth-order valence-corrected chi connectivity index (χ4v) is 2.56. The summed E-state index contributed by atoms with van der Waals surface area (Å²) >= 11 is 0. The number of carbonyl (C=O) groups is 1. The zero-order valence-electron chi connectivity index (χ0n) is 11.3. The minimum Gasteiger partial charge on any atom is -0.475 e. The second kappa shape index (κ2) is 5.64. The Hall–Kier alpha value is -1.85. The molecule has 1 aromatic carbocycles. The van der Waals surface area contributed by atoms with Gasteiger partial charge in [0.1, 0.15) is 5.58 Å². The van der Waals surface area contributed by atoms with Gasteiger partial charge in [-0.1, -0.05) is 12.5 Å². The molecular formula is C15H18N2O3. The van der Waals surface area contributed by atoms with Crippen molar-refractivity contribution in [1.29, 1.82) is 0 Å². The van der Waals surface area contributed by atoms with Crippen LogP contribution in [0.1, 0.15) is 35.4 Å². The second-order valence-electron chi connectivity index (χ2n) is 5.17. The molecule has 20 heavy (non-hydrogen) atoms. The van der Waals surface area contributed by atoms with E-state index >= 15 is 0 Å². The molecule has 0 aliphatic carbocycles. The first kappa shape index (κ1) is 13.1. The molecule has 3 rings (SSSR count). The van der Waals surface area contributed by atoms with Gasteiger partial charge in [0.15, 0.2) is 0 Å². The van der Waals surface area contributed by atoms with Gasteiger partial charge in [0.2, 0.25) is 5.76 Å². The fraction of sp³-hybridized carbons (Fsp3) is 0.400. The first-order chi connectivity index (χ1) is 9.72. The number of nitrogens with zero attached hydrogens (tertiary/aromatic N) is 1. The molecule has 106 valence electrons. The SMILES string of the molecule is O=C(O)c1cc2cc(CNN3CCCCC3)ccc2o1. The number of carboxylic acid groups (broad SMARTS) is 1. The van der Waals surface area contributed by atoms with E-state index in [1.807, 2.05) is 18.2 Å². The van der Waals surface area contributed by atoms with Crippen LogP contribution in [0.3, 0.4) is 0 Å². The number of furan rings is 1. The number of carboxylic acids is 1. The molecule has 2 N–H and O–H groups in total. The van der Waals surface area contributed by atoms with Crippen molar-refractivity contribution in [3.63, 3.8) is 0 Å². The lowest BCUT2D eigenvalue weighted by atomic mass is 10.1. The molecule has 1 saturated heterocycles. The van der Waals surface area contributed by atoms with Gasteiger partial charge in [-0.05, 0) is 36.6 Å². The molecule has 0 saturated carbocycles. The van der Waals surface area contributed by atoms with Crippen LogP contribution in [0.2, 0.25) is 0 Å². The van der Waals surface area contributed by atoms with Gasteiger partial charge in [-0.2, -0.15) is 0 Å². The highest BCUT2D eigenvalue weighted by Gasteiger charge is 2.12. The minimum absolute atomic E-state index is 0.0128. The molecule has 2 aromatic rings. The lowest BCUT2D eigenvalue weighted by Gasteiger charge is -2.27. The van der Waals surface area contributed by atoms with Crippen LogP contribution in [-0.4, -0.2) is 29.2 Å². The van der Waals surface area contributed by atoms with Crippen molar-refractivity contribution in [1.82, 2.24) is 10.4 Å². The molecular weight excluding hydrogens is 256 g/mol. The number of hydrogen-bond acceptors (Lipinski definition) is 4. The quantitative estimate of drug-likeness (QED) is 0.897. The second-order valence-corrected chi connectivity index (χ2v) is 5.17. The maximum Gasteiger partial charge on any atom is 0.371 e. The molecule has 1 aliphatic rings. The van der Waals surface area contributed by atoms with E-state index in [-0.39, 0.29) is 5.76 Å². The molecule has 5 nitrogen and oxygen atoms in total. The van der Waals surface area contributed by atoms with Crippen molar-refractivity contribution in [2.24, 2.45) is 0 Å². The maximum atomic E-state index is 10.9. The van der Waals surface area contributed by atoms with Gasteiger partial charge in [-0.3, -0.25) is 5.43 Å². The number of fused-ring (bicyclic) bond motifs is 1. The van der Waals surface area contributed by atoms with E-state index in [1.165, 1.54) is 19.3 Å². The Morgan fingerprint density at radius 3 is 2.80 bits per heavy atom. The molecule has 0 radical (unpaired) electrons. The summed E-state index contributed by atoms with van der Waals surface area (Å²) in [7, 11) is 0. The molecule has 0 amide bonds. The van der Waals surface area contributed by atoms with Gasteiger partial charge in [-0.15, -0.1) is 0 Å². The summed E-state index contributed by atoms with van der Waals surface area (Å²) in [6.45, 7) is 2.94. The van der Waals surface area contributed by atoms with Crippen LogP contribution in [-0.2, 0) is 6.54 Å². The first-order valence-electron chi connectivity index (χ1n) is 6.96. The van der Waals surface area contributed by atoms with Gasteiger partial charge in [-0.25, -0.2) is 9.80 Å². The standard InChI is InChI=1S/C15H18N2O3/c18-15(19)14-9-12-8-11(4-5-13(12)20-14)10-16-17-6-2-1-3-7-17/h4-5,8-9,16H,1-3,6-7,10H2,(H,18,19). The zero-order chi connectivity index (χ0) is 13.9. The maximum absolute atomic E-state index is 10.9. The summed E-state index contributed by atoms with van der Waals surface area (Å²) in [4.78, 5) is 10.9. The Kier molecular flexibility index (Phi) is 3.71. The summed E-state index contributed by atoms with van der Waals surface area (Å²) in [5.74, 6) is -1.05. The zero-order valence-corrected chi connectivity index (χ0v) is 11.3. The Labute approximate surface area is 117 Å². The van der Waals surface area contributed by atoms with Crippen molar-refractivity contribution in [2.75, 3.05) is 13.1 Å². The molecule has 5 heteroatoms. The smallest absolute Gasteiger partial charge is 0.371 e. The Morgan fingerprint density at radius 1 is 1.25 bits per heavy atom. The third-order valence-corrected chi connectivity index (χ3v) is 3.65. The summed E-state index contributed by atoms with van der Waals surface area (Å²) in [6, 6.07) is 7.34. The highest BCUT2D eigenvalue weighted by atomic mass is 16.4. The monoisotopic (exact) mass is 274 g/mol. The van der Waals surface area contributed by atoms with E-state index in [0.29, 0.717) is 5.58 Å². The molecule has 0 unspecified atom stereocenters. The van der Waals surface area contributed by atoms with Gasteiger partial charge in [0.25, 0.3) is 0 Å². The molecule has 1 fully saturated rings. The van der Waals surface area contributed by atoms with Crippen LogP contribution in [0.5, 0.6) is 0 Å². The Balaban J connectivity index is 1.70. The Bertz CT molecular complexity index is 615. The van der Waals surface area contributed by atoms with Crippen LogP contribution in [0.25, 0.3) is 11.0 Å². The predicted molar refractivity (Wildman–Crippen MR) is 75.4 cm³/mol. The van der Waals surface area contributed by atoms with E-state index < -0.39 is 5.97 Å². The molecule has 1 aliphatic heterocycles. The van der Waals surface area contributed by atoms with Crippen molar-refractivity contribution in [2.45, 2.75) is 25.8 Å². The lowest BCUT2D eigenvalue weighted by Crippen LogP contribution is -2.41. The molecule has 0 spiro atoms. The van der Waals surface area contributed by atoms with Crippen LogP contribution in [0, 0.1) is 0 Å². The van der Waals surface area contributed by atoms with E-state index in [1.54, 1.807) is 6.07 Å². The third kappa shape index (κ3) is 2.84. The summed E-state index contributed by atoms with van der Waals surface area (Å²) in [5.41, 5.74) is 5.16. The highest BCUT2D eigenvalue weighted by molar-refractivity contribution is 5.91. The fourth-order valence-electron chi connectivity index (χ4n) is 2.56. The summed E-state index contributed by atoms with van der Waals surface area (Å²) in [5, 5.41) is 12.0. The van der Waals surface area contributed by atoms with E-state index in [2.05, 4.69) is 10.4 Å². The lowest BCUT2D eigenvalue weighted by molar-refractivity contribution is 0.0665. The molecule has 1 aromatic heterocycles. The predicted octanol–water partition coefficient (Wildman–Crippen LogP) is 2.62. The molecule has 0 bridgehead atoms. The normalized spacial score (nSPS) is 16.6. The molecule has 2 heterocycles. The largest absolute Gasteiger partial charge is 0.475 e. The number of nitrogens with one attached hydrogen (secondary N) is 1. The first-order valence-corrected chi connectivity index (χ1v) is 6.96. The van der Waals surface area contributed by atoms with Crippen molar-refractivity contribution in [3.05, 3.63) is 35.6 Å². The van der Waals surface area contributed by atoms with Gasteiger partial charge < -0.3 is 9.52 Å². The van der Waals surface area contributed by atoms with E-state index in [4.69, 9.17) is 9.52 Å². The third-order valence-electron chi connectivity index (χ3n) is 3.65. The minimum atomic E-state index is -1.03. The van der Waals surface area contributed by atoms with Crippen LogP contribution < -0.4 is 5.43 Å². The van der Waals surface area contributed by atoms with Crippen molar-refractivity contribution >= 4 is 16.9 Å². The summed E-state index contributed by atoms with van der Waals surface area (Å²) in [6.07, 6.45) is 3.81. The highest BCUT2D eigenvalue weighted by Crippen LogP contribution is 2.21. The number of aromatic carboxylic acids is 1. The Morgan fingerprint density at radius 2 is 2.05 bits per heavy atom. The van der Waals surface area contributed by atoms with E-state index in [0.717, 1.165) is 30.6 Å². The summed E-state index contributed by atoms with van der Waals surface area (Å²) < 4.78 is 5.25. The van der Waals surface area contributed by atoms with Crippen LogP contribution >= 0.6 is 0 Å². The van der Waals surface area contributed by atoms with Crippen LogP contribution in [0.4, 0.5) is 0 Å². The topological polar surface area (TPSA) is 65.7 Å². The van der Waals surface area contributed by atoms with Crippen molar-refractivity contribution in [3.8, 4) is 0 Å². The van der Waals surface area contributed by atoms with Gasteiger partial charge in [0, 0.05) is 25.0 Å². The number of piperidine rings is 1. The van der Waals surface area contributed by atoms with Crippen LogP contribution in [0.15, 0.2) is 28.7 Å². The number of hydrazine groups is 1. The molecule has 0 atom stereocenters. The number of hydrogen-bond donors (Lipinski definition) is 2. The number of rotatable bonds is 4. The number of benzene rings is 1. The van der Waals surface area contributed by atoms with Gasteiger partial charge >= 0.3 is 5.97 Å². The average Bonchev–Trinajstić information content (AvgIpc) is 2.89. The van der Waals surface area contributed by atoms with Crippen molar-refractivity contribution < 1.29 is 14.3 Å². The average molecular weight is 274 g/mol. The van der Waals surface area contributed by atoms with E-state index in [9.17, 15) is 4.79 Å².